The van der Waals surface area contributed by atoms with Crippen molar-refractivity contribution in [3.05, 3.63) is 59.2 Å². The van der Waals surface area contributed by atoms with E-state index in [0.29, 0.717) is 12.3 Å². The van der Waals surface area contributed by atoms with Crippen molar-refractivity contribution in [2.24, 2.45) is 5.10 Å². The highest BCUT2D eigenvalue weighted by Crippen LogP contribution is 2.23. The molecule has 29 heavy (non-hydrogen) atoms. The maximum absolute atomic E-state index is 12.3. The standard InChI is InChI=1S/C21H27N3O4S/c1-5-12-28-19-10-8-18(9-11-19)14-22-23-21(25)15-24(29(4,26)27)20-13-16(2)6-7-17(20)3/h6-11,13-14H,5,12,15H2,1-4H3,(H,23,25)/b22-14-. The van der Waals surface area contributed by atoms with Gasteiger partial charge in [-0.05, 0) is 67.3 Å². The first-order chi connectivity index (χ1) is 13.7. The van der Waals surface area contributed by atoms with E-state index in [1.807, 2.05) is 50.2 Å². The number of rotatable bonds is 9. The smallest absolute Gasteiger partial charge is 0.260 e. The summed E-state index contributed by atoms with van der Waals surface area (Å²) >= 11 is 0. The normalized spacial score (nSPS) is 11.4. The van der Waals surface area contributed by atoms with Gasteiger partial charge in [0, 0.05) is 0 Å². The molecule has 0 aliphatic heterocycles. The van der Waals surface area contributed by atoms with Gasteiger partial charge in [-0.25, -0.2) is 13.8 Å². The minimum Gasteiger partial charge on any atom is -0.494 e. The summed E-state index contributed by atoms with van der Waals surface area (Å²) in [7, 11) is -3.64. The van der Waals surface area contributed by atoms with Crippen molar-refractivity contribution in [1.29, 1.82) is 0 Å². The molecule has 0 radical (unpaired) electrons. The fourth-order valence-corrected chi connectivity index (χ4v) is 3.49. The van der Waals surface area contributed by atoms with Gasteiger partial charge in [0.1, 0.15) is 12.3 Å². The molecule has 0 aromatic heterocycles. The van der Waals surface area contributed by atoms with Crippen molar-refractivity contribution >= 4 is 27.8 Å². The molecule has 2 rings (SSSR count). The van der Waals surface area contributed by atoms with Gasteiger partial charge in [-0.15, -0.1) is 0 Å². The predicted octanol–water partition coefficient (Wildman–Crippen LogP) is 3.01. The zero-order valence-electron chi connectivity index (χ0n) is 17.2. The number of nitrogens with one attached hydrogen (secondary N) is 1. The number of nitrogens with zero attached hydrogens (tertiary/aromatic N) is 2. The van der Waals surface area contributed by atoms with Gasteiger partial charge in [0.2, 0.25) is 10.0 Å². The van der Waals surface area contributed by atoms with E-state index in [4.69, 9.17) is 4.74 Å². The average molecular weight is 418 g/mol. The second-order valence-electron chi connectivity index (χ2n) is 6.77. The molecule has 0 atom stereocenters. The van der Waals surface area contributed by atoms with Crippen LogP contribution in [0.15, 0.2) is 47.6 Å². The van der Waals surface area contributed by atoms with Crippen LogP contribution in [0.1, 0.15) is 30.0 Å². The Balaban J connectivity index is 2.03. The molecule has 1 amide bonds. The maximum atomic E-state index is 12.3. The lowest BCUT2D eigenvalue weighted by molar-refractivity contribution is -0.119. The number of hydrogen-bond acceptors (Lipinski definition) is 5. The minimum absolute atomic E-state index is 0.357. The van der Waals surface area contributed by atoms with Crippen LogP contribution in [0.2, 0.25) is 0 Å². The van der Waals surface area contributed by atoms with Crippen LogP contribution >= 0.6 is 0 Å². The van der Waals surface area contributed by atoms with E-state index in [9.17, 15) is 13.2 Å². The van der Waals surface area contributed by atoms with Gasteiger partial charge < -0.3 is 4.74 Å². The monoisotopic (exact) mass is 417 g/mol. The van der Waals surface area contributed by atoms with E-state index >= 15 is 0 Å². The zero-order chi connectivity index (χ0) is 21.4. The summed E-state index contributed by atoms with van der Waals surface area (Å²) in [5.74, 6) is 0.237. The third-order valence-electron chi connectivity index (χ3n) is 4.08. The molecule has 2 aromatic rings. The highest BCUT2D eigenvalue weighted by atomic mass is 32.2. The van der Waals surface area contributed by atoms with Crippen LogP contribution in [-0.2, 0) is 14.8 Å². The largest absolute Gasteiger partial charge is 0.494 e. The van der Waals surface area contributed by atoms with Gasteiger partial charge in [0.15, 0.2) is 0 Å². The molecule has 0 spiro atoms. The molecule has 156 valence electrons. The number of benzene rings is 2. The molecular formula is C21H27N3O4S. The van der Waals surface area contributed by atoms with Gasteiger partial charge >= 0.3 is 0 Å². The number of ether oxygens (including phenoxy) is 1. The van der Waals surface area contributed by atoms with Gasteiger partial charge in [-0.1, -0.05) is 19.1 Å². The number of hydrogen-bond donors (Lipinski definition) is 1. The van der Waals surface area contributed by atoms with Crippen LogP contribution in [0.3, 0.4) is 0 Å². The zero-order valence-corrected chi connectivity index (χ0v) is 18.0. The average Bonchev–Trinajstić information content (AvgIpc) is 2.66. The molecular weight excluding hydrogens is 390 g/mol. The highest BCUT2D eigenvalue weighted by molar-refractivity contribution is 7.92. The van der Waals surface area contributed by atoms with E-state index in [1.54, 1.807) is 13.0 Å². The Hall–Kier alpha value is -2.87. The Kier molecular flexibility index (Phi) is 7.78. The summed E-state index contributed by atoms with van der Waals surface area (Å²) in [6.07, 6.45) is 3.50. The Morgan fingerprint density at radius 1 is 1.17 bits per heavy atom. The van der Waals surface area contributed by atoms with Crippen LogP contribution in [0.5, 0.6) is 5.75 Å². The molecule has 2 aromatic carbocycles. The number of carbonyl (C=O) groups is 1. The quantitative estimate of drug-likeness (QED) is 0.502. The summed E-state index contributed by atoms with van der Waals surface area (Å²) in [6.45, 7) is 6.00. The molecule has 0 saturated heterocycles. The number of carbonyl (C=O) groups excluding carboxylic acids is 1. The summed E-state index contributed by atoms with van der Waals surface area (Å²) in [5, 5.41) is 3.92. The molecule has 0 saturated carbocycles. The van der Waals surface area contributed by atoms with Gasteiger partial charge in [-0.3, -0.25) is 9.10 Å². The van der Waals surface area contributed by atoms with Crippen molar-refractivity contribution in [3.63, 3.8) is 0 Å². The van der Waals surface area contributed by atoms with Crippen molar-refractivity contribution in [1.82, 2.24) is 5.43 Å². The Bertz CT molecular complexity index is 970. The van der Waals surface area contributed by atoms with Crippen molar-refractivity contribution in [2.75, 3.05) is 23.7 Å². The highest BCUT2D eigenvalue weighted by Gasteiger charge is 2.22. The number of amides is 1. The second kappa shape index (κ2) is 10.1. The lowest BCUT2D eigenvalue weighted by Gasteiger charge is -2.23. The third-order valence-corrected chi connectivity index (χ3v) is 5.20. The van der Waals surface area contributed by atoms with Crippen molar-refractivity contribution in [2.45, 2.75) is 27.2 Å². The molecule has 0 heterocycles. The first-order valence-corrected chi connectivity index (χ1v) is 11.1. The van der Waals surface area contributed by atoms with Gasteiger partial charge in [0.05, 0.1) is 24.8 Å². The molecule has 7 nitrogen and oxygen atoms in total. The molecule has 1 N–H and O–H groups in total. The SMILES string of the molecule is CCCOc1ccc(/C=N\NC(=O)CN(c2cc(C)ccc2C)S(C)(=O)=O)cc1. The third kappa shape index (κ3) is 6.90. The maximum Gasteiger partial charge on any atom is 0.260 e. The Morgan fingerprint density at radius 3 is 2.48 bits per heavy atom. The predicted molar refractivity (Wildman–Crippen MR) is 116 cm³/mol. The van der Waals surface area contributed by atoms with E-state index < -0.39 is 15.9 Å². The number of aryl methyl sites for hydroxylation is 2. The molecule has 8 heteroatoms. The first-order valence-electron chi connectivity index (χ1n) is 9.30. The van der Waals surface area contributed by atoms with E-state index in [2.05, 4.69) is 10.5 Å². The molecule has 0 fully saturated rings. The molecule has 0 bridgehead atoms. The summed E-state index contributed by atoms with van der Waals surface area (Å²) in [6, 6.07) is 12.7. The van der Waals surface area contributed by atoms with Crippen LogP contribution in [0, 0.1) is 13.8 Å². The fourth-order valence-electron chi connectivity index (χ4n) is 2.58. The number of anilines is 1. The van der Waals surface area contributed by atoms with Crippen molar-refractivity contribution < 1.29 is 17.9 Å². The second-order valence-corrected chi connectivity index (χ2v) is 8.68. The number of sulfonamides is 1. The Morgan fingerprint density at radius 2 is 1.86 bits per heavy atom. The molecule has 0 aliphatic rings. The van der Waals surface area contributed by atoms with Gasteiger partial charge in [-0.2, -0.15) is 5.10 Å². The van der Waals surface area contributed by atoms with E-state index in [-0.39, 0.29) is 6.54 Å². The van der Waals surface area contributed by atoms with Crippen LogP contribution in [0.4, 0.5) is 5.69 Å². The lowest BCUT2D eigenvalue weighted by Crippen LogP contribution is -2.39. The number of hydrazone groups is 1. The fraction of sp³-hybridized carbons (Fsp3) is 0.333. The summed E-state index contributed by atoms with van der Waals surface area (Å²) in [5.41, 5.74) is 5.31. The minimum atomic E-state index is -3.64. The summed E-state index contributed by atoms with van der Waals surface area (Å²) in [4.78, 5) is 12.3. The first kappa shape index (κ1) is 22.4. The lowest BCUT2D eigenvalue weighted by atomic mass is 10.1. The van der Waals surface area contributed by atoms with Gasteiger partial charge in [0.25, 0.3) is 5.91 Å². The van der Waals surface area contributed by atoms with E-state index in [1.165, 1.54) is 6.21 Å². The van der Waals surface area contributed by atoms with Crippen LogP contribution < -0.4 is 14.5 Å². The van der Waals surface area contributed by atoms with Crippen LogP contribution in [-0.4, -0.2) is 39.9 Å². The molecule has 0 unspecified atom stereocenters. The van der Waals surface area contributed by atoms with Crippen LogP contribution in [0.25, 0.3) is 0 Å². The van der Waals surface area contributed by atoms with Crippen molar-refractivity contribution in [3.8, 4) is 5.75 Å². The summed E-state index contributed by atoms with van der Waals surface area (Å²) < 4.78 is 31.1. The Labute approximate surface area is 172 Å². The topological polar surface area (TPSA) is 88.1 Å². The van der Waals surface area contributed by atoms with E-state index in [0.717, 1.165) is 39.4 Å². The molecule has 0 aliphatic carbocycles.